The molecule has 0 aromatic carbocycles. The van der Waals surface area contributed by atoms with Crippen molar-refractivity contribution in [3.63, 3.8) is 0 Å². The average molecular weight is 292 g/mol. The van der Waals surface area contributed by atoms with Gasteiger partial charge in [-0.15, -0.1) is 0 Å². The van der Waals surface area contributed by atoms with Crippen molar-refractivity contribution in [1.29, 1.82) is 0 Å². The Bertz CT molecular complexity index is 225. The molecule has 19 heavy (non-hydrogen) atoms. The van der Waals surface area contributed by atoms with E-state index in [4.69, 9.17) is 19.0 Å². The van der Waals surface area contributed by atoms with Crippen molar-refractivity contribution in [2.24, 2.45) is 5.73 Å². The summed E-state index contributed by atoms with van der Waals surface area (Å²) in [4.78, 5) is 11.5. The summed E-state index contributed by atoms with van der Waals surface area (Å²) in [6.07, 6.45) is 1.14. The van der Waals surface area contributed by atoms with Crippen molar-refractivity contribution in [1.82, 2.24) is 5.32 Å². The summed E-state index contributed by atoms with van der Waals surface area (Å²) in [7, 11) is -2.60. The Labute approximate surface area is 117 Å². The topological polar surface area (TPSA) is 82.8 Å². The summed E-state index contributed by atoms with van der Waals surface area (Å²) >= 11 is 0. The van der Waals surface area contributed by atoms with Gasteiger partial charge in [-0.05, 0) is 27.2 Å². The van der Waals surface area contributed by atoms with Crippen LogP contribution in [0.5, 0.6) is 0 Å². The highest BCUT2D eigenvalue weighted by Gasteiger charge is 2.39. The lowest BCUT2D eigenvalue weighted by Crippen LogP contribution is -2.46. The van der Waals surface area contributed by atoms with E-state index in [0.717, 1.165) is 0 Å². The molecule has 0 aliphatic carbocycles. The standard InChI is InChI=1S/C12H28N2O4Si/c1-4-16-19(17-5-2,18-6-3)11-7-8-12(15)14-10-9-13/h4-11,13H2,1-3H3,(H,14,15). The van der Waals surface area contributed by atoms with Gasteiger partial charge in [-0.2, -0.15) is 0 Å². The van der Waals surface area contributed by atoms with E-state index in [-0.39, 0.29) is 5.91 Å². The normalized spacial score (nSPS) is 11.6. The molecule has 0 bridgehead atoms. The second kappa shape index (κ2) is 11.4. The summed E-state index contributed by atoms with van der Waals surface area (Å²) in [6, 6.07) is 0.665. The monoisotopic (exact) mass is 292 g/mol. The molecule has 0 spiro atoms. The third-order valence-electron chi connectivity index (χ3n) is 2.45. The molecule has 0 unspecified atom stereocenters. The molecule has 0 saturated heterocycles. The summed E-state index contributed by atoms with van der Waals surface area (Å²) in [5.74, 6) is 0.0119. The zero-order valence-corrected chi connectivity index (χ0v) is 13.4. The van der Waals surface area contributed by atoms with Crippen LogP contribution in [0.1, 0.15) is 33.6 Å². The molecule has 0 aliphatic rings. The van der Waals surface area contributed by atoms with Gasteiger partial charge in [0, 0.05) is 45.4 Å². The molecule has 6 nitrogen and oxygen atoms in total. The minimum absolute atomic E-state index is 0.0119. The second-order valence-electron chi connectivity index (χ2n) is 3.97. The molecule has 7 heteroatoms. The lowest BCUT2D eigenvalue weighted by atomic mass is 10.3. The summed E-state index contributed by atoms with van der Waals surface area (Å²) in [5.41, 5.74) is 5.33. The van der Waals surface area contributed by atoms with E-state index in [9.17, 15) is 4.79 Å². The molecule has 0 aliphatic heterocycles. The Morgan fingerprint density at radius 3 is 2.05 bits per heavy atom. The van der Waals surface area contributed by atoms with Crippen molar-refractivity contribution < 1.29 is 18.1 Å². The molecule has 0 aromatic heterocycles. The van der Waals surface area contributed by atoms with Crippen LogP contribution < -0.4 is 11.1 Å². The fourth-order valence-electron chi connectivity index (χ4n) is 1.77. The van der Waals surface area contributed by atoms with Crippen LogP contribution in [0.3, 0.4) is 0 Å². The van der Waals surface area contributed by atoms with Gasteiger partial charge in [0.25, 0.3) is 0 Å². The first-order valence-electron chi connectivity index (χ1n) is 7.02. The van der Waals surface area contributed by atoms with E-state index in [1.807, 2.05) is 20.8 Å². The number of carbonyl (C=O) groups excluding carboxylic acids is 1. The quantitative estimate of drug-likeness (QED) is 0.522. The van der Waals surface area contributed by atoms with E-state index in [1.165, 1.54) is 0 Å². The Balaban J connectivity index is 4.19. The molecular weight excluding hydrogens is 264 g/mol. The fourth-order valence-corrected chi connectivity index (χ4v) is 4.38. The van der Waals surface area contributed by atoms with E-state index in [1.54, 1.807) is 0 Å². The molecule has 0 atom stereocenters. The molecule has 1 amide bonds. The third kappa shape index (κ3) is 8.33. The maximum Gasteiger partial charge on any atom is 0.500 e. The van der Waals surface area contributed by atoms with Crippen molar-refractivity contribution >= 4 is 14.7 Å². The smallest absolute Gasteiger partial charge is 0.374 e. The van der Waals surface area contributed by atoms with Crippen molar-refractivity contribution in [3.05, 3.63) is 0 Å². The molecule has 0 radical (unpaired) electrons. The van der Waals surface area contributed by atoms with Crippen LogP contribution in [0.25, 0.3) is 0 Å². The van der Waals surface area contributed by atoms with E-state index in [2.05, 4.69) is 5.32 Å². The molecule has 114 valence electrons. The molecule has 3 N–H and O–H groups in total. The lowest BCUT2D eigenvalue weighted by Gasteiger charge is -2.28. The maximum atomic E-state index is 11.5. The van der Waals surface area contributed by atoms with Crippen LogP contribution in [0.4, 0.5) is 0 Å². The molecule has 0 rings (SSSR count). The van der Waals surface area contributed by atoms with Gasteiger partial charge in [0.05, 0.1) is 0 Å². The van der Waals surface area contributed by atoms with Gasteiger partial charge in [0.2, 0.25) is 5.91 Å². The summed E-state index contributed by atoms with van der Waals surface area (Å²) in [6.45, 7) is 8.43. The predicted molar refractivity (Wildman–Crippen MR) is 76.7 cm³/mol. The Morgan fingerprint density at radius 1 is 1.11 bits per heavy atom. The number of rotatable bonds is 12. The number of hydrogen-bond donors (Lipinski definition) is 2. The minimum Gasteiger partial charge on any atom is -0.374 e. The van der Waals surface area contributed by atoms with E-state index >= 15 is 0 Å². The molecule has 0 heterocycles. The predicted octanol–water partition coefficient (Wildman–Crippen LogP) is 0.890. The third-order valence-corrected chi connectivity index (χ3v) is 5.60. The number of nitrogens with two attached hydrogens (primary N) is 1. The molecule has 0 fully saturated rings. The highest BCUT2D eigenvalue weighted by molar-refractivity contribution is 6.60. The first kappa shape index (κ1) is 18.5. The fraction of sp³-hybridized carbons (Fsp3) is 0.917. The van der Waals surface area contributed by atoms with Crippen molar-refractivity contribution in [2.75, 3.05) is 32.9 Å². The maximum absolute atomic E-state index is 11.5. The zero-order valence-electron chi connectivity index (χ0n) is 12.4. The van der Waals surface area contributed by atoms with Crippen LogP contribution in [-0.2, 0) is 18.1 Å². The Morgan fingerprint density at radius 2 is 1.63 bits per heavy atom. The first-order chi connectivity index (χ1) is 9.14. The molecule has 0 saturated carbocycles. The Kier molecular flexibility index (Phi) is 11.1. The van der Waals surface area contributed by atoms with Gasteiger partial charge >= 0.3 is 8.80 Å². The lowest BCUT2D eigenvalue weighted by molar-refractivity contribution is -0.121. The number of nitrogens with one attached hydrogen (secondary N) is 1. The van der Waals surface area contributed by atoms with E-state index in [0.29, 0.717) is 51.8 Å². The van der Waals surface area contributed by atoms with Crippen LogP contribution in [0.15, 0.2) is 0 Å². The van der Waals surface area contributed by atoms with Gasteiger partial charge in [-0.25, -0.2) is 0 Å². The summed E-state index contributed by atoms with van der Waals surface area (Å²) < 4.78 is 17.1. The second-order valence-corrected chi connectivity index (χ2v) is 6.71. The molecular formula is C12H28N2O4Si. The van der Waals surface area contributed by atoms with Gasteiger partial charge in [0.1, 0.15) is 0 Å². The zero-order chi connectivity index (χ0) is 14.6. The number of carbonyl (C=O) groups is 1. The van der Waals surface area contributed by atoms with Crippen molar-refractivity contribution in [2.45, 2.75) is 39.7 Å². The SMILES string of the molecule is CCO[Si](CCCC(=O)NCCN)(OCC)OCC. The summed E-state index contributed by atoms with van der Waals surface area (Å²) in [5, 5.41) is 2.74. The highest BCUT2D eigenvalue weighted by Crippen LogP contribution is 2.19. The van der Waals surface area contributed by atoms with Crippen molar-refractivity contribution in [3.8, 4) is 0 Å². The van der Waals surface area contributed by atoms with Crippen LogP contribution in [0.2, 0.25) is 6.04 Å². The van der Waals surface area contributed by atoms with Gasteiger partial charge in [0.15, 0.2) is 0 Å². The van der Waals surface area contributed by atoms with Gasteiger partial charge in [-0.3, -0.25) is 4.79 Å². The van der Waals surface area contributed by atoms with Crippen LogP contribution >= 0.6 is 0 Å². The Hall–Kier alpha value is -0.473. The largest absolute Gasteiger partial charge is 0.500 e. The van der Waals surface area contributed by atoms with Gasteiger partial charge < -0.3 is 24.3 Å². The molecule has 0 aromatic rings. The number of hydrogen-bond acceptors (Lipinski definition) is 5. The first-order valence-corrected chi connectivity index (χ1v) is 8.95. The highest BCUT2D eigenvalue weighted by atomic mass is 28.4. The minimum atomic E-state index is -2.60. The van der Waals surface area contributed by atoms with Crippen LogP contribution in [0, 0.1) is 0 Å². The average Bonchev–Trinajstić information content (AvgIpc) is 2.37. The van der Waals surface area contributed by atoms with E-state index < -0.39 is 8.80 Å². The van der Waals surface area contributed by atoms with Gasteiger partial charge in [-0.1, -0.05) is 0 Å². The van der Waals surface area contributed by atoms with Crippen LogP contribution in [-0.4, -0.2) is 47.6 Å². The number of amides is 1.